The topological polar surface area (TPSA) is 66.7 Å². The lowest BCUT2D eigenvalue weighted by Crippen LogP contribution is -2.44. The molecule has 1 aliphatic heterocycles. The molecule has 0 unspecified atom stereocenters. The maximum Gasteiger partial charge on any atom is 0.256 e. The Morgan fingerprint density at radius 1 is 1.26 bits per heavy atom. The van der Waals surface area contributed by atoms with Gasteiger partial charge in [0.15, 0.2) is 11.5 Å². The second-order valence-corrected chi connectivity index (χ2v) is 9.73. The average molecular weight is 476 g/mol. The van der Waals surface area contributed by atoms with Gasteiger partial charge in [0.05, 0.1) is 24.1 Å². The standard InChI is InChI=1S/C29H37N3O3/c1-20(2)17-23-19-30-15-10-16-31(23)29(34)24-18-21(3)32(27(24)22-11-6-5-7-12-22)25-13-8-9-14-26(33)28(25)35-4/h5-7,9,11-14,18,20,23,30,33H,8,10,15-17,19H2,1-4H3/t23-/m1/s1. The van der Waals surface area contributed by atoms with E-state index in [4.69, 9.17) is 4.74 Å². The number of hydrogen-bond acceptors (Lipinski definition) is 4. The second kappa shape index (κ2) is 11.0. The van der Waals surface area contributed by atoms with E-state index < -0.39 is 0 Å². The van der Waals surface area contributed by atoms with Crippen LogP contribution in [-0.4, -0.2) is 53.3 Å². The van der Waals surface area contributed by atoms with Crippen LogP contribution < -0.4 is 5.32 Å². The predicted octanol–water partition coefficient (Wildman–Crippen LogP) is 5.53. The van der Waals surface area contributed by atoms with Gasteiger partial charge in [0.1, 0.15) is 0 Å². The number of ether oxygens (including phenoxy) is 1. The van der Waals surface area contributed by atoms with Crippen molar-refractivity contribution in [2.75, 3.05) is 26.7 Å². The lowest BCUT2D eigenvalue weighted by atomic mass is 10.0. The van der Waals surface area contributed by atoms with Crippen LogP contribution in [0.2, 0.25) is 0 Å². The number of allylic oxidation sites excluding steroid dienone is 4. The predicted molar refractivity (Wildman–Crippen MR) is 141 cm³/mol. The molecular formula is C29H37N3O3. The van der Waals surface area contributed by atoms with Crippen LogP contribution in [0, 0.1) is 12.8 Å². The van der Waals surface area contributed by atoms with Crippen molar-refractivity contribution in [1.29, 1.82) is 0 Å². The highest BCUT2D eigenvalue weighted by atomic mass is 16.5. The fraction of sp³-hybridized carbons (Fsp3) is 0.414. The van der Waals surface area contributed by atoms with Gasteiger partial charge in [-0.3, -0.25) is 4.79 Å². The molecule has 0 saturated carbocycles. The van der Waals surface area contributed by atoms with Crippen molar-refractivity contribution in [2.24, 2.45) is 5.92 Å². The molecule has 2 N–H and O–H groups in total. The van der Waals surface area contributed by atoms with Crippen LogP contribution in [0.15, 0.2) is 66.1 Å². The molecule has 1 amide bonds. The number of aryl methyl sites for hydroxylation is 1. The first kappa shape index (κ1) is 24.9. The molecule has 186 valence electrons. The molecule has 35 heavy (non-hydrogen) atoms. The largest absolute Gasteiger partial charge is 0.504 e. The Labute approximate surface area is 208 Å². The normalized spacial score (nSPS) is 18.9. The minimum absolute atomic E-state index is 0.0552. The molecule has 2 aliphatic rings. The Morgan fingerprint density at radius 2 is 2.03 bits per heavy atom. The molecule has 2 aromatic rings. The number of methoxy groups -OCH3 is 1. The zero-order valence-corrected chi connectivity index (χ0v) is 21.3. The molecule has 1 aromatic heterocycles. The van der Waals surface area contributed by atoms with Gasteiger partial charge in [0, 0.05) is 24.8 Å². The maximum absolute atomic E-state index is 14.2. The summed E-state index contributed by atoms with van der Waals surface area (Å²) in [5.74, 6) is 1.02. The summed E-state index contributed by atoms with van der Waals surface area (Å²) in [4.78, 5) is 16.3. The quantitative estimate of drug-likeness (QED) is 0.576. The number of rotatable bonds is 6. The first-order chi connectivity index (χ1) is 16.9. The van der Waals surface area contributed by atoms with Crippen molar-refractivity contribution in [3.05, 3.63) is 77.4 Å². The van der Waals surface area contributed by atoms with Crippen molar-refractivity contribution in [3.63, 3.8) is 0 Å². The van der Waals surface area contributed by atoms with Crippen LogP contribution >= 0.6 is 0 Å². The van der Waals surface area contributed by atoms with Crippen molar-refractivity contribution >= 4 is 11.6 Å². The first-order valence-electron chi connectivity index (χ1n) is 12.6. The Bertz CT molecular complexity index is 1140. The molecule has 1 atom stereocenters. The van der Waals surface area contributed by atoms with E-state index in [0.717, 1.165) is 55.1 Å². The molecule has 0 spiro atoms. The van der Waals surface area contributed by atoms with Crippen molar-refractivity contribution < 1.29 is 14.6 Å². The maximum atomic E-state index is 14.2. The summed E-state index contributed by atoms with van der Waals surface area (Å²) in [6.07, 6.45) is 8.13. The zero-order valence-electron chi connectivity index (χ0n) is 21.3. The number of nitrogens with zero attached hydrogens (tertiary/aromatic N) is 2. The summed E-state index contributed by atoms with van der Waals surface area (Å²) in [6.45, 7) is 8.89. The monoisotopic (exact) mass is 475 g/mol. The van der Waals surface area contributed by atoms with E-state index in [1.807, 2.05) is 55.5 Å². The second-order valence-electron chi connectivity index (χ2n) is 9.73. The molecule has 1 saturated heterocycles. The highest BCUT2D eigenvalue weighted by molar-refractivity contribution is 6.02. The van der Waals surface area contributed by atoms with Gasteiger partial charge in [0.2, 0.25) is 0 Å². The lowest BCUT2D eigenvalue weighted by Gasteiger charge is -2.31. The van der Waals surface area contributed by atoms with Crippen molar-refractivity contribution in [2.45, 2.75) is 46.1 Å². The van der Waals surface area contributed by atoms with E-state index >= 15 is 0 Å². The summed E-state index contributed by atoms with van der Waals surface area (Å²) in [5.41, 5.74) is 4.10. The van der Waals surface area contributed by atoms with Crippen LogP contribution in [0.3, 0.4) is 0 Å². The van der Waals surface area contributed by atoms with Crippen LogP contribution in [0.25, 0.3) is 17.0 Å². The van der Waals surface area contributed by atoms with Gasteiger partial charge in [-0.05, 0) is 56.4 Å². The zero-order chi connectivity index (χ0) is 24.9. The Morgan fingerprint density at radius 3 is 2.74 bits per heavy atom. The summed E-state index contributed by atoms with van der Waals surface area (Å²) in [5, 5.41) is 14.1. The fourth-order valence-corrected chi connectivity index (χ4v) is 5.17. The molecule has 2 heterocycles. The molecule has 6 heteroatoms. The SMILES string of the molecule is COC1=C(O)C=CCC=C1n1c(C)cc(C(=O)N2CCCNC[C@H]2CC(C)C)c1-c1ccccc1. The molecule has 4 rings (SSSR count). The number of aromatic nitrogens is 1. The molecule has 0 radical (unpaired) electrons. The molecule has 6 nitrogen and oxygen atoms in total. The van der Waals surface area contributed by atoms with E-state index in [9.17, 15) is 9.90 Å². The number of amides is 1. The minimum atomic E-state index is 0.0552. The van der Waals surface area contributed by atoms with E-state index in [1.54, 1.807) is 13.2 Å². The molecular weight excluding hydrogens is 438 g/mol. The van der Waals surface area contributed by atoms with E-state index in [2.05, 4.69) is 28.6 Å². The van der Waals surface area contributed by atoms with Crippen LogP contribution in [0.1, 0.15) is 49.2 Å². The molecule has 1 aliphatic carbocycles. The Kier molecular flexibility index (Phi) is 7.81. The Hall–Kier alpha value is -3.25. The third-order valence-corrected chi connectivity index (χ3v) is 6.67. The third-order valence-electron chi connectivity index (χ3n) is 6.67. The van der Waals surface area contributed by atoms with E-state index in [1.165, 1.54) is 0 Å². The fourth-order valence-electron chi connectivity index (χ4n) is 5.17. The van der Waals surface area contributed by atoms with Crippen LogP contribution in [0.5, 0.6) is 0 Å². The van der Waals surface area contributed by atoms with Gasteiger partial charge in [-0.25, -0.2) is 0 Å². The highest BCUT2D eigenvalue weighted by Crippen LogP contribution is 2.36. The Balaban J connectivity index is 1.88. The lowest BCUT2D eigenvalue weighted by molar-refractivity contribution is 0.0674. The number of aliphatic hydroxyl groups excluding tert-OH is 1. The van der Waals surface area contributed by atoms with Gasteiger partial charge in [-0.1, -0.05) is 56.3 Å². The van der Waals surface area contributed by atoms with Crippen molar-refractivity contribution in [3.8, 4) is 11.3 Å². The number of benzene rings is 1. The highest BCUT2D eigenvalue weighted by Gasteiger charge is 2.32. The van der Waals surface area contributed by atoms with Gasteiger partial charge >= 0.3 is 0 Å². The van der Waals surface area contributed by atoms with Crippen LogP contribution in [0.4, 0.5) is 0 Å². The van der Waals surface area contributed by atoms with Gasteiger partial charge in [-0.15, -0.1) is 0 Å². The number of aliphatic hydroxyl groups is 1. The van der Waals surface area contributed by atoms with E-state index in [0.29, 0.717) is 23.7 Å². The van der Waals surface area contributed by atoms with Crippen molar-refractivity contribution in [1.82, 2.24) is 14.8 Å². The molecule has 1 aromatic carbocycles. The van der Waals surface area contributed by atoms with E-state index in [-0.39, 0.29) is 17.7 Å². The number of carbonyl (C=O) groups excluding carboxylic acids is 1. The first-order valence-corrected chi connectivity index (χ1v) is 12.6. The van der Waals surface area contributed by atoms with Gasteiger partial charge < -0.3 is 24.6 Å². The van der Waals surface area contributed by atoms with Crippen LogP contribution in [-0.2, 0) is 4.74 Å². The third kappa shape index (κ3) is 5.22. The molecule has 0 bridgehead atoms. The smallest absolute Gasteiger partial charge is 0.256 e. The molecule has 1 fully saturated rings. The number of carbonyl (C=O) groups is 1. The summed E-state index contributed by atoms with van der Waals surface area (Å²) < 4.78 is 7.70. The van der Waals surface area contributed by atoms with Gasteiger partial charge in [-0.2, -0.15) is 0 Å². The number of nitrogens with one attached hydrogen (secondary N) is 1. The summed E-state index contributed by atoms with van der Waals surface area (Å²) in [7, 11) is 1.56. The summed E-state index contributed by atoms with van der Waals surface area (Å²) in [6, 6.07) is 12.1. The minimum Gasteiger partial charge on any atom is -0.504 e. The summed E-state index contributed by atoms with van der Waals surface area (Å²) >= 11 is 0. The number of hydrogen-bond donors (Lipinski definition) is 2. The van der Waals surface area contributed by atoms with Gasteiger partial charge in [0.25, 0.3) is 5.91 Å². The average Bonchev–Trinajstić information content (AvgIpc) is 2.96.